The van der Waals surface area contributed by atoms with Gasteiger partial charge in [0, 0.05) is 25.7 Å². The van der Waals surface area contributed by atoms with Gasteiger partial charge in [0.05, 0.1) is 0 Å². The molecule has 3 heteroatoms. The highest BCUT2D eigenvalue weighted by molar-refractivity contribution is 5.18. The molecule has 1 heterocycles. The Bertz CT molecular complexity index is 503. The minimum absolute atomic E-state index is 0.0177. The minimum atomic E-state index is -0.0177. The molecule has 1 aromatic heterocycles. The Kier molecular flexibility index (Phi) is 2.63. The molecule has 3 nitrogen and oxygen atoms in total. The third kappa shape index (κ3) is 2.13. The maximum absolute atomic E-state index is 11.4. The van der Waals surface area contributed by atoms with Crippen LogP contribution >= 0.6 is 0 Å². The molecule has 0 fully saturated rings. The van der Waals surface area contributed by atoms with Crippen molar-refractivity contribution in [1.29, 1.82) is 0 Å². The van der Waals surface area contributed by atoms with Gasteiger partial charge in [-0.2, -0.15) is 0 Å². The van der Waals surface area contributed by atoms with Gasteiger partial charge in [0.15, 0.2) is 0 Å². The minimum Gasteiger partial charge on any atom is -0.300 e. The maximum atomic E-state index is 11.4. The first kappa shape index (κ1) is 9.65. The zero-order valence-electron chi connectivity index (χ0n) is 8.55. The fraction of sp³-hybridized carbons (Fsp3) is 0.167. The molecule has 0 N–H and O–H groups in total. The van der Waals surface area contributed by atoms with Crippen molar-refractivity contribution in [3.05, 3.63) is 64.3 Å². The summed E-state index contributed by atoms with van der Waals surface area (Å²) in [4.78, 5) is 15.6. The van der Waals surface area contributed by atoms with E-state index in [-0.39, 0.29) is 5.56 Å². The fourth-order valence-corrected chi connectivity index (χ4v) is 1.46. The van der Waals surface area contributed by atoms with Crippen LogP contribution in [-0.4, -0.2) is 9.55 Å². The van der Waals surface area contributed by atoms with Crippen LogP contribution in [0.4, 0.5) is 0 Å². The van der Waals surface area contributed by atoms with Gasteiger partial charge >= 0.3 is 0 Å². The van der Waals surface area contributed by atoms with E-state index in [1.807, 2.05) is 30.3 Å². The van der Waals surface area contributed by atoms with Crippen LogP contribution in [-0.2, 0) is 13.5 Å². The second-order valence-electron chi connectivity index (χ2n) is 3.42. The second-order valence-corrected chi connectivity index (χ2v) is 3.42. The highest BCUT2D eigenvalue weighted by Gasteiger charge is 2.01. The Morgan fingerprint density at radius 3 is 2.67 bits per heavy atom. The molecule has 0 aliphatic rings. The van der Waals surface area contributed by atoms with Crippen LogP contribution in [0.3, 0.4) is 0 Å². The van der Waals surface area contributed by atoms with Crippen molar-refractivity contribution in [2.75, 3.05) is 0 Å². The van der Waals surface area contributed by atoms with Crippen molar-refractivity contribution >= 4 is 0 Å². The van der Waals surface area contributed by atoms with Crippen molar-refractivity contribution in [2.45, 2.75) is 6.42 Å². The molecule has 0 unspecified atom stereocenters. The predicted molar refractivity (Wildman–Crippen MR) is 58.7 cm³/mol. The molecule has 0 spiro atoms. The summed E-state index contributed by atoms with van der Waals surface area (Å²) in [5, 5.41) is 0. The molecule has 0 radical (unpaired) electrons. The van der Waals surface area contributed by atoms with Gasteiger partial charge in [0.1, 0.15) is 5.82 Å². The summed E-state index contributed by atoms with van der Waals surface area (Å²) in [6.45, 7) is 0. The average Bonchev–Trinajstić information content (AvgIpc) is 2.26. The Morgan fingerprint density at radius 1 is 1.20 bits per heavy atom. The monoisotopic (exact) mass is 200 g/mol. The van der Waals surface area contributed by atoms with E-state index in [1.165, 1.54) is 6.07 Å². The van der Waals surface area contributed by atoms with Crippen LogP contribution in [0.1, 0.15) is 11.4 Å². The number of hydrogen-bond acceptors (Lipinski definition) is 2. The predicted octanol–water partition coefficient (Wildman–Crippen LogP) is 1.37. The van der Waals surface area contributed by atoms with Gasteiger partial charge in [-0.1, -0.05) is 30.3 Å². The molecule has 0 saturated carbocycles. The Hall–Kier alpha value is -1.90. The SMILES string of the molecule is Cn1c(Cc2ccccc2)nccc1=O. The molecule has 2 aromatic rings. The van der Waals surface area contributed by atoms with E-state index < -0.39 is 0 Å². The molecule has 0 atom stereocenters. The summed E-state index contributed by atoms with van der Waals surface area (Å²) >= 11 is 0. The Labute approximate surface area is 88.0 Å². The summed E-state index contributed by atoms with van der Waals surface area (Å²) in [6, 6.07) is 11.5. The fourth-order valence-electron chi connectivity index (χ4n) is 1.46. The van der Waals surface area contributed by atoms with E-state index >= 15 is 0 Å². The van der Waals surface area contributed by atoms with Crippen LogP contribution in [0.5, 0.6) is 0 Å². The zero-order valence-corrected chi connectivity index (χ0v) is 8.55. The van der Waals surface area contributed by atoms with Crippen LogP contribution in [0.2, 0.25) is 0 Å². The van der Waals surface area contributed by atoms with Crippen LogP contribution in [0.15, 0.2) is 47.4 Å². The third-order valence-corrected chi connectivity index (χ3v) is 2.36. The van der Waals surface area contributed by atoms with E-state index in [2.05, 4.69) is 4.98 Å². The normalized spacial score (nSPS) is 10.2. The Balaban J connectivity index is 2.33. The van der Waals surface area contributed by atoms with Crippen LogP contribution in [0, 0.1) is 0 Å². The number of hydrogen-bond donors (Lipinski definition) is 0. The number of aromatic nitrogens is 2. The second kappa shape index (κ2) is 4.09. The van der Waals surface area contributed by atoms with E-state index in [9.17, 15) is 4.79 Å². The first-order valence-corrected chi connectivity index (χ1v) is 4.82. The number of nitrogens with zero attached hydrogens (tertiary/aromatic N) is 2. The highest BCUT2D eigenvalue weighted by atomic mass is 16.1. The average molecular weight is 200 g/mol. The van der Waals surface area contributed by atoms with E-state index in [1.54, 1.807) is 17.8 Å². The smallest absolute Gasteiger partial charge is 0.253 e. The molecule has 0 aliphatic carbocycles. The van der Waals surface area contributed by atoms with E-state index in [0.29, 0.717) is 6.42 Å². The largest absolute Gasteiger partial charge is 0.300 e. The van der Waals surface area contributed by atoms with Crippen molar-refractivity contribution in [3.8, 4) is 0 Å². The van der Waals surface area contributed by atoms with Gasteiger partial charge in [-0.25, -0.2) is 4.98 Å². The summed E-state index contributed by atoms with van der Waals surface area (Å²) in [5.74, 6) is 0.786. The lowest BCUT2D eigenvalue weighted by atomic mass is 10.1. The van der Waals surface area contributed by atoms with Crippen LogP contribution < -0.4 is 5.56 Å². The molecular formula is C12H12N2O. The topological polar surface area (TPSA) is 34.9 Å². The molecule has 0 saturated heterocycles. The summed E-state index contributed by atoms with van der Waals surface area (Å²) in [5.41, 5.74) is 1.14. The summed E-state index contributed by atoms with van der Waals surface area (Å²) < 4.78 is 1.58. The summed E-state index contributed by atoms with van der Waals surface area (Å²) in [6.07, 6.45) is 2.24. The van der Waals surface area contributed by atoms with E-state index in [0.717, 1.165) is 11.4 Å². The van der Waals surface area contributed by atoms with Crippen molar-refractivity contribution in [3.63, 3.8) is 0 Å². The first-order valence-electron chi connectivity index (χ1n) is 4.82. The molecule has 15 heavy (non-hydrogen) atoms. The lowest BCUT2D eigenvalue weighted by Gasteiger charge is -2.05. The molecular weight excluding hydrogens is 188 g/mol. The van der Waals surface area contributed by atoms with Gasteiger partial charge in [0.2, 0.25) is 0 Å². The van der Waals surface area contributed by atoms with Crippen molar-refractivity contribution < 1.29 is 0 Å². The molecule has 2 rings (SSSR count). The lowest BCUT2D eigenvalue weighted by molar-refractivity contribution is 0.747. The highest BCUT2D eigenvalue weighted by Crippen LogP contribution is 2.04. The van der Waals surface area contributed by atoms with Gasteiger partial charge < -0.3 is 0 Å². The Morgan fingerprint density at radius 2 is 1.93 bits per heavy atom. The third-order valence-electron chi connectivity index (χ3n) is 2.36. The molecule has 0 aliphatic heterocycles. The molecule has 0 amide bonds. The maximum Gasteiger partial charge on any atom is 0.253 e. The molecule has 1 aromatic carbocycles. The quantitative estimate of drug-likeness (QED) is 0.734. The first-order chi connectivity index (χ1) is 7.27. The zero-order chi connectivity index (χ0) is 10.7. The van der Waals surface area contributed by atoms with Crippen molar-refractivity contribution in [2.24, 2.45) is 7.05 Å². The van der Waals surface area contributed by atoms with Crippen molar-refractivity contribution in [1.82, 2.24) is 9.55 Å². The van der Waals surface area contributed by atoms with Gasteiger partial charge in [-0.3, -0.25) is 9.36 Å². The standard InChI is InChI=1S/C12H12N2O/c1-14-11(13-8-7-12(14)15)9-10-5-3-2-4-6-10/h2-8H,9H2,1H3. The van der Waals surface area contributed by atoms with Gasteiger partial charge in [-0.15, -0.1) is 0 Å². The van der Waals surface area contributed by atoms with Gasteiger partial charge in [-0.05, 0) is 5.56 Å². The number of benzene rings is 1. The van der Waals surface area contributed by atoms with Gasteiger partial charge in [0.25, 0.3) is 5.56 Å². The lowest BCUT2D eigenvalue weighted by Crippen LogP contribution is -2.20. The van der Waals surface area contributed by atoms with Crippen LogP contribution in [0.25, 0.3) is 0 Å². The summed E-state index contributed by atoms with van der Waals surface area (Å²) in [7, 11) is 1.74. The molecule has 76 valence electrons. The number of rotatable bonds is 2. The van der Waals surface area contributed by atoms with E-state index in [4.69, 9.17) is 0 Å². The molecule has 0 bridgehead atoms.